The first-order chi connectivity index (χ1) is 9.63. The van der Waals surface area contributed by atoms with Gasteiger partial charge in [0.2, 0.25) is 0 Å². The van der Waals surface area contributed by atoms with Crippen molar-refractivity contribution in [3.8, 4) is 5.75 Å². The molecule has 1 aromatic carbocycles. The minimum Gasteiger partial charge on any atom is -0.481 e. The number of carboxylic acid groups (broad SMARTS) is 1. The number of ether oxygens (including phenoxy) is 1. The zero-order valence-corrected chi connectivity index (χ0v) is 12.5. The third-order valence-corrected chi connectivity index (χ3v) is 5.37. The van der Waals surface area contributed by atoms with E-state index in [2.05, 4.69) is 4.98 Å². The van der Waals surface area contributed by atoms with Crippen LogP contribution in [-0.2, 0) is 11.2 Å². The number of aliphatic carboxylic acids is 1. The lowest BCUT2D eigenvalue weighted by Crippen LogP contribution is -2.14. The summed E-state index contributed by atoms with van der Waals surface area (Å²) in [5, 5.41) is 9.75. The molecule has 0 amide bonds. The number of thioether (sulfide) groups is 1. The summed E-state index contributed by atoms with van der Waals surface area (Å²) in [7, 11) is 0. The Morgan fingerprint density at radius 3 is 3.10 bits per heavy atom. The maximum absolute atomic E-state index is 10.8. The summed E-state index contributed by atoms with van der Waals surface area (Å²) in [4.78, 5) is 17.2. The quantitative estimate of drug-likeness (QED) is 0.942. The molecule has 4 nitrogen and oxygen atoms in total. The number of fused-ring (bicyclic) bond motifs is 1. The lowest BCUT2D eigenvalue weighted by Gasteiger charge is -2.23. The van der Waals surface area contributed by atoms with Gasteiger partial charge in [-0.2, -0.15) is 0 Å². The molecule has 0 radical (unpaired) electrons. The van der Waals surface area contributed by atoms with E-state index in [0.29, 0.717) is 0 Å². The molecule has 0 bridgehead atoms. The van der Waals surface area contributed by atoms with E-state index in [1.54, 1.807) is 11.8 Å². The number of benzene rings is 1. The molecule has 0 fully saturated rings. The molecule has 1 aliphatic rings. The van der Waals surface area contributed by atoms with E-state index in [0.717, 1.165) is 32.0 Å². The molecule has 2 heterocycles. The summed E-state index contributed by atoms with van der Waals surface area (Å²) in [5.41, 5.74) is 0.792. The Kier molecular flexibility index (Phi) is 3.67. The molecule has 1 aromatic heterocycles. The predicted molar refractivity (Wildman–Crippen MR) is 78.7 cm³/mol. The van der Waals surface area contributed by atoms with Crippen molar-refractivity contribution in [1.29, 1.82) is 0 Å². The van der Waals surface area contributed by atoms with Crippen molar-refractivity contribution in [2.24, 2.45) is 0 Å². The highest BCUT2D eigenvalue weighted by molar-refractivity contribution is 7.99. The zero-order chi connectivity index (χ0) is 14.1. The summed E-state index contributed by atoms with van der Waals surface area (Å²) >= 11 is 3.18. The van der Waals surface area contributed by atoms with Crippen LogP contribution in [0.4, 0.5) is 0 Å². The number of hydrogen-bond donors (Lipinski definition) is 1. The predicted octanol–water partition coefficient (Wildman–Crippen LogP) is 3.30. The van der Waals surface area contributed by atoms with E-state index in [1.165, 1.54) is 11.3 Å². The standard InChI is InChI=1S/C14H13NO3S2/c1-8-12(6-13(16)17)20-14(15-8)10-7-19-11-5-3-2-4-9(11)18-10/h2-5,10H,6-7H2,1H3,(H,16,17). The second-order valence-electron chi connectivity index (χ2n) is 4.50. The van der Waals surface area contributed by atoms with Gasteiger partial charge in [0, 0.05) is 15.5 Å². The first-order valence-electron chi connectivity index (χ1n) is 6.20. The Hall–Kier alpha value is -1.53. The maximum Gasteiger partial charge on any atom is 0.308 e. The van der Waals surface area contributed by atoms with Crippen LogP contribution in [0.15, 0.2) is 29.2 Å². The van der Waals surface area contributed by atoms with Crippen molar-refractivity contribution in [3.05, 3.63) is 39.8 Å². The largest absolute Gasteiger partial charge is 0.481 e. The van der Waals surface area contributed by atoms with Crippen molar-refractivity contribution in [2.45, 2.75) is 24.3 Å². The SMILES string of the molecule is Cc1nc(C2CSc3ccccc3O2)sc1CC(=O)O. The fourth-order valence-corrected chi connectivity index (χ4v) is 4.21. The third-order valence-electron chi connectivity index (χ3n) is 3.01. The van der Waals surface area contributed by atoms with Crippen LogP contribution in [0, 0.1) is 6.92 Å². The number of carboxylic acids is 1. The van der Waals surface area contributed by atoms with Gasteiger partial charge >= 0.3 is 5.97 Å². The van der Waals surface area contributed by atoms with Crippen molar-refractivity contribution in [3.63, 3.8) is 0 Å². The fourth-order valence-electron chi connectivity index (χ4n) is 2.03. The van der Waals surface area contributed by atoms with Crippen LogP contribution in [0.5, 0.6) is 5.75 Å². The van der Waals surface area contributed by atoms with Crippen LogP contribution >= 0.6 is 23.1 Å². The van der Waals surface area contributed by atoms with Crippen LogP contribution < -0.4 is 4.74 Å². The Morgan fingerprint density at radius 1 is 1.50 bits per heavy atom. The summed E-state index contributed by atoms with van der Waals surface area (Å²) in [6, 6.07) is 7.94. The van der Waals surface area contributed by atoms with Crippen LogP contribution in [0.2, 0.25) is 0 Å². The van der Waals surface area contributed by atoms with Gasteiger partial charge in [-0.3, -0.25) is 4.79 Å². The van der Waals surface area contributed by atoms with Gasteiger partial charge in [-0.15, -0.1) is 23.1 Å². The number of para-hydroxylation sites is 1. The molecule has 1 aliphatic heterocycles. The normalized spacial score (nSPS) is 17.4. The number of rotatable bonds is 3. The van der Waals surface area contributed by atoms with Crippen LogP contribution in [0.25, 0.3) is 0 Å². The maximum atomic E-state index is 10.8. The molecule has 3 rings (SSSR count). The van der Waals surface area contributed by atoms with Crippen LogP contribution in [-0.4, -0.2) is 21.8 Å². The van der Waals surface area contributed by atoms with Gasteiger partial charge in [0.15, 0.2) is 6.10 Å². The zero-order valence-electron chi connectivity index (χ0n) is 10.8. The van der Waals surface area contributed by atoms with E-state index in [-0.39, 0.29) is 12.5 Å². The van der Waals surface area contributed by atoms with Gasteiger partial charge < -0.3 is 9.84 Å². The summed E-state index contributed by atoms with van der Waals surface area (Å²) in [6.07, 6.45) is -0.0684. The average molecular weight is 307 g/mol. The molecule has 1 atom stereocenters. The number of carbonyl (C=O) groups is 1. The molecule has 0 spiro atoms. The van der Waals surface area contributed by atoms with Gasteiger partial charge in [-0.25, -0.2) is 4.98 Å². The minimum absolute atomic E-state index is 0.0277. The van der Waals surface area contributed by atoms with Gasteiger partial charge in [-0.1, -0.05) is 12.1 Å². The first kappa shape index (κ1) is 13.5. The second-order valence-corrected chi connectivity index (χ2v) is 6.67. The molecular formula is C14H13NO3S2. The lowest BCUT2D eigenvalue weighted by molar-refractivity contribution is -0.136. The molecule has 0 aliphatic carbocycles. The van der Waals surface area contributed by atoms with E-state index < -0.39 is 5.97 Å². The van der Waals surface area contributed by atoms with E-state index >= 15 is 0 Å². The number of aryl methyl sites for hydroxylation is 1. The topological polar surface area (TPSA) is 59.4 Å². The van der Waals surface area contributed by atoms with Crippen LogP contribution in [0.3, 0.4) is 0 Å². The van der Waals surface area contributed by atoms with Crippen molar-refractivity contribution < 1.29 is 14.6 Å². The van der Waals surface area contributed by atoms with Crippen LogP contribution in [0.1, 0.15) is 21.7 Å². The Labute approximate surface area is 124 Å². The highest BCUT2D eigenvalue weighted by Crippen LogP contribution is 2.41. The van der Waals surface area contributed by atoms with Crippen molar-refractivity contribution >= 4 is 29.1 Å². The van der Waals surface area contributed by atoms with Gasteiger partial charge in [-0.05, 0) is 19.1 Å². The summed E-state index contributed by atoms with van der Waals surface area (Å²) in [5.74, 6) is 0.852. The molecule has 6 heteroatoms. The smallest absolute Gasteiger partial charge is 0.308 e. The van der Waals surface area contributed by atoms with Crippen molar-refractivity contribution in [1.82, 2.24) is 4.98 Å². The molecule has 2 aromatic rings. The average Bonchev–Trinajstić information content (AvgIpc) is 2.79. The Bertz CT molecular complexity index is 654. The molecular weight excluding hydrogens is 294 g/mol. The van der Waals surface area contributed by atoms with Gasteiger partial charge in [0.25, 0.3) is 0 Å². The van der Waals surface area contributed by atoms with E-state index in [4.69, 9.17) is 9.84 Å². The molecule has 0 saturated carbocycles. The fraction of sp³-hybridized carbons (Fsp3) is 0.286. The second kappa shape index (κ2) is 5.46. The molecule has 1 unspecified atom stereocenters. The molecule has 1 N–H and O–H groups in total. The summed E-state index contributed by atoms with van der Waals surface area (Å²) < 4.78 is 5.97. The number of hydrogen-bond acceptors (Lipinski definition) is 5. The highest BCUT2D eigenvalue weighted by atomic mass is 32.2. The third kappa shape index (κ3) is 2.66. The van der Waals surface area contributed by atoms with E-state index in [9.17, 15) is 4.79 Å². The molecule has 104 valence electrons. The first-order valence-corrected chi connectivity index (χ1v) is 8.00. The number of thiazole rings is 1. The monoisotopic (exact) mass is 307 g/mol. The van der Waals surface area contributed by atoms with Gasteiger partial charge in [0.1, 0.15) is 10.8 Å². The number of aromatic nitrogens is 1. The van der Waals surface area contributed by atoms with Crippen molar-refractivity contribution in [2.75, 3.05) is 5.75 Å². The Balaban J connectivity index is 1.83. The highest BCUT2D eigenvalue weighted by Gasteiger charge is 2.25. The molecule has 20 heavy (non-hydrogen) atoms. The van der Waals surface area contributed by atoms with Gasteiger partial charge in [0.05, 0.1) is 12.1 Å². The summed E-state index contributed by atoms with van der Waals surface area (Å²) in [6.45, 7) is 1.85. The molecule has 0 saturated heterocycles. The lowest BCUT2D eigenvalue weighted by atomic mass is 10.3. The minimum atomic E-state index is -0.826. The number of nitrogens with zero attached hydrogens (tertiary/aromatic N) is 1. The Morgan fingerprint density at radius 2 is 2.30 bits per heavy atom. The van der Waals surface area contributed by atoms with E-state index in [1.807, 2.05) is 31.2 Å².